The minimum Gasteiger partial charge on any atom is -0.300 e. The van der Waals surface area contributed by atoms with E-state index in [2.05, 4.69) is 4.18 Å². The van der Waals surface area contributed by atoms with Gasteiger partial charge in [0.25, 0.3) is 10.1 Å². The summed E-state index contributed by atoms with van der Waals surface area (Å²) in [6, 6.07) is 0. The summed E-state index contributed by atoms with van der Waals surface area (Å²) < 4.78 is 25.7. The third-order valence-electron chi connectivity index (χ3n) is 1.29. The Hall–Kier alpha value is -0.420. The highest BCUT2D eigenvalue weighted by Gasteiger charge is 2.13. The number of carbonyl (C=O) groups is 1. The molecule has 5 heteroatoms. The Kier molecular flexibility index (Phi) is 5.08. The highest BCUT2D eigenvalue weighted by Crippen LogP contribution is 2.04. The van der Waals surface area contributed by atoms with Crippen LogP contribution in [0.15, 0.2) is 0 Å². The van der Waals surface area contributed by atoms with Gasteiger partial charge in [-0.25, -0.2) is 0 Å². The summed E-state index contributed by atoms with van der Waals surface area (Å²) in [5.41, 5.74) is 0. The van der Waals surface area contributed by atoms with Crippen molar-refractivity contribution in [2.45, 2.75) is 32.3 Å². The van der Waals surface area contributed by atoms with Crippen LogP contribution in [-0.4, -0.2) is 27.1 Å². The molecule has 4 nitrogen and oxygen atoms in total. The highest BCUT2D eigenvalue weighted by atomic mass is 32.2. The summed E-state index contributed by atoms with van der Waals surface area (Å²) in [7, 11) is -3.50. The van der Waals surface area contributed by atoms with Gasteiger partial charge in [-0.15, -0.1) is 0 Å². The van der Waals surface area contributed by atoms with Crippen LogP contribution in [0.1, 0.15) is 26.2 Å². The van der Waals surface area contributed by atoms with Crippen LogP contribution in [0.2, 0.25) is 0 Å². The topological polar surface area (TPSA) is 60.4 Å². The predicted molar refractivity (Wildman–Crippen MR) is 45.3 cm³/mol. The molecule has 0 aliphatic rings. The fraction of sp³-hybridized carbons (Fsp3) is 0.857. The van der Waals surface area contributed by atoms with E-state index in [0.717, 1.165) is 19.1 Å². The van der Waals surface area contributed by atoms with Crippen molar-refractivity contribution in [3.63, 3.8) is 0 Å². The first-order valence-electron chi connectivity index (χ1n) is 3.83. The van der Waals surface area contributed by atoms with E-state index in [1.54, 1.807) is 0 Å². The second-order valence-electron chi connectivity index (χ2n) is 2.62. The van der Waals surface area contributed by atoms with E-state index in [0.29, 0.717) is 12.7 Å². The molecular weight excluding hydrogens is 180 g/mol. The van der Waals surface area contributed by atoms with Crippen molar-refractivity contribution in [2.24, 2.45) is 0 Å². The zero-order chi connectivity index (χ0) is 9.61. The standard InChI is InChI=1S/C7H14O4S/c1-3-4-5-7(6-8)11-12(2,9)10/h6-7H,3-5H2,1-2H3. The molecule has 72 valence electrons. The second-order valence-corrected chi connectivity index (χ2v) is 4.22. The molecule has 12 heavy (non-hydrogen) atoms. The summed E-state index contributed by atoms with van der Waals surface area (Å²) in [5, 5.41) is 0. The van der Waals surface area contributed by atoms with Crippen LogP contribution < -0.4 is 0 Å². The summed E-state index contributed by atoms with van der Waals surface area (Å²) >= 11 is 0. The molecule has 0 N–H and O–H groups in total. The first kappa shape index (κ1) is 11.6. The zero-order valence-corrected chi connectivity index (χ0v) is 8.13. The molecule has 0 saturated heterocycles. The summed E-state index contributed by atoms with van der Waals surface area (Å²) in [4.78, 5) is 10.3. The van der Waals surface area contributed by atoms with Gasteiger partial charge in [0.05, 0.1) is 6.26 Å². The maximum absolute atomic E-state index is 10.6. The van der Waals surface area contributed by atoms with Crippen molar-refractivity contribution >= 4 is 16.4 Å². The maximum atomic E-state index is 10.6. The van der Waals surface area contributed by atoms with Gasteiger partial charge >= 0.3 is 0 Å². The molecule has 0 aromatic carbocycles. The van der Waals surface area contributed by atoms with Gasteiger partial charge in [-0.3, -0.25) is 4.18 Å². The normalized spacial score (nSPS) is 14.2. The monoisotopic (exact) mass is 194 g/mol. The summed E-state index contributed by atoms with van der Waals surface area (Å²) in [6.07, 6.45) is 2.83. The predicted octanol–water partition coefficient (Wildman–Crippen LogP) is 0.720. The van der Waals surface area contributed by atoms with Crippen LogP contribution in [0.5, 0.6) is 0 Å². The fourth-order valence-electron chi connectivity index (χ4n) is 0.769. The van der Waals surface area contributed by atoms with E-state index in [1.165, 1.54) is 0 Å². The van der Waals surface area contributed by atoms with Crippen molar-refractivity contribution in [3.05, 3.63) is 0 Å². The lowest BCUT2D eigenvalue weighted by Crippen LogP contribution is -2.18. The number of carbonyl (C=O) groups excluding carboxylic acids is 1. The molecule has 0 aromatic heterocycles. The van der Waals surface area contributed by atoms with E-state index in [-0.39, 0.29) is 0 Å². The average Bonchev–Trinajstić information content (AvgIpc) is 1.95. The average molecular weight is 194 g/mol. The van der Waals surface area contributed by atoms with E-state index >= 15 is 0 Å². The van der Waals surface area contributed by atoms with Crippen molar-refractivity contribution in [2.75, 3.05) is 6.26 Å². The molecule has 0 aliphatic heterocycles. The molecule has 0 spiro atoms. The van der Waals surface area contributed by atoms with Crippen molar-refractivity contribution < 1.29 is 17.4 Å². The Morgan fingerprint density at radius 2 is 2.08 bits per heavy atom. The molecule has 0 heterocycles. The molecule has 1 unspecified atom stereocenters. The van der Waals surface area contributed by atoms with Crippen LogP contribution in [0.3, 0.4) is 0 Å². The lowest BCUT2D eigenvalue weighted by atomic mass is 10.2. The second kappa shape index (κ2) is 5.27. The van der Waals surface area contributed by atoms with Gasteiger partial charge < -0.3 is 4.79 Å². The number of rotatable bonds is 6. The van der Waals surface area contributed by atoms with E-state index < -0.39 is 16.2 Å². The zero-order valence-electron chi connectivity index (χ0n) is 7.32. The van der Waals surface area contributed by atoms with Crippen molar-refractivity contribution in [3.8, 4) is 0 Å². The SMILES string of the molecule is CCCCC(C=O)OS(C)(=O)=O. The van der Waals surface area contributed by atoms with E-state index in [1.807, 2.05) is 6.92 Å². The third kappa shape index (κ3) is 6.30. The van der Waals surface area contributed by atoms with Gasteiger partial charge in [-0.05, 0) is 6.42 Å². The number of aldehydes is 1. The quantitative estimate of drug-likeness (QED) is 0.461. The minimum atomic E-state index is -3.50. The number of unbranched alkanes of at least 4 members (excludes halogenated alkanes) is 1. The molecule has 0 fully saturated rings. The molecule has 1 atom stereocenters. The van der Waals surface area contributed by atoms with Crippen molar-refractivity contribution in [1.29, 1.82) is 0 Å². The molecule has 0 aliphatic carbocycles. The van der Waals surface area contributed by atoms with Crippen LogP contribution in [-0.2, 0) is 19.1 Å². The first-order valence-corrected chi connectivity index (χ1v) is 5.64. The van der Waals surface area contributed by atoms with Crippen LogP contribution in [0.25, 0.3) is 0 Å². The Balaban J connectivity index is 3.92. The van der Waals surface area contributed by atoms with Gasteiger partial charge in [-0.2, -0.15) is 8.42 Å². The third-order valence-corrected chi connectivity index (χ3v) is 1.89. The first-order chi connectivity index (χ1) is 5.49. The van der Waals surface area contributed by atoms with Gasteiger partial charge in [0.2, 0.25) is 0 Å². The molecule has 0 saturated carbocycles. The summed E-state index contributed by atoms with van der Waals surface area (Å²) in [5.74, 6) is 0. The Morgan fingerprint density at radius 3 is 2.42 bits per heavy atom. The van der Waals surface area contributed by atoms with E-state index in [4.69, 9.17) is 0 Å². The minimum absolute atomic E-state index is 0.465. The lowest BCUT2D eigenvalue weighted by molar-refractivity contribution is -0.113. The largest absolute Gasteiger partial charge is 0.300 e. The Labute approximate surface area is 73.0 Å². The molecule has 0 rings (SSSR count). The van der Waals surface area contributed by atoms with Gasteiger partial charge in [0.15, 0.2) is 0 Å². The van der Waals surface area contributed by atoms with Crippen LogP contribution in [0, 0.1) is 0 Å². The van der Waals surface area contributed by atoms with Crippen LogP contribution in [0.4, 0.5) is 0 Å². The molecule has 0 radical (unpaired) electrons. The van der Waals surface area contributed by atoms with Gasteiger partial charge in [-0.1, -0.05) is 19.8 Å². The van der Waals surface area contributed by atoms with Crippen molar-refractivity contribution in [1.82, 2.24) is 0 Å². The Morgan fingerprint density at radius 1 is 1.50 bits per heavy atom. The Bertz CT molecular complexity index is 220. The molecule has 0 amide bonds. The van der Waals surface area contributed by atoms with Crippen LogP contribution >= 0.6 is 0 Å². The smallest absolute Gasteiger partial charge is 0.265 e. The fourth-order valence-corrected chi connectivity index (χ4v) is 1.36. The summed E-state index contributed by atoms with van der Waals surface area (Å²) in [6.45, 7) is 1.96. The van der Waals surface area contributed by atoms with Gasteiger partial charge in [0, 0.05) is 0 Å². The number of hydrogen-bond donors (Lipinski definition) is 0. The van der Waals surface area contributed by atoms with Gasteiger partial charge in [0.1, 0.15) is 12.4 Å². The van der Waals surface area contributed by atoms with E-state index in [9.17, 15) is 13.2 Å². The molecular formula is C7H14O4S. The molecule has 0 bridgehead atoms. The lowest BCUT2D eigenvalue weighted by Gasteiger charge is -2.07. The highest BCUT2D eigenvalue weighted by molar-refractivity contribution is 7.86. The number of hydrogen-bond acceptors (Lipinski definition) is 4. The maximum Gasteiger partial charge on any atom is 0.265 e. The molecule has 0 aromatic rings.